The van der Waals surface area contributed by atoms with Crippen LogP contribution in [-0.2, 0) is 5.41 Å². The standard InChI is InChI=1S/C14H22N2O/c1-14(2,3)12-9-11(15-13(17)16-12)10-7-5-4-6-8-10/h9-10H,4-8H2,1-3H3,(H,15,16,17). The van der Waals surface area contributed by atoms with Crippen LogP contribution in [0.3, 0.4) is 0 Å². The monoisotopic (exact) mass is 234 g/mol. The third-order valence-electron chi connectivity index (χ3n) is 3.58. The molecule has 3 heteroatoms. The van der Waals surface area contributed by atoms with Crippen molar-refractivity contribution < 1.29 is 0 Å². The van der Waals surface area contributed by atoms with Crippen molar-refractivity contribution in [3.8, 4) is 0 Å². The Morgan fingerprint density at radius 1 is 1.24 bits per heavy atom. The minimum atomic E-state index is -0.196. The lowest BCUT2D eigenvalue weighted by Gasteiger charge is -2.24. The summed E-state index contributed by atoms with van der Waals surface area (Å²) in [6.07, 6.45) is 6.28. The fraction of sp³-hybridized carbons (Fsp3) is 0.714. The second-order valence-electron chi connectivity index (χ2n) is 6.11. The summed E-state index contributed by atoms with van der Waals surface area (Å²) < 4.78 is 0. The van der Waals surface area contributed by atoms with Gasteiger partial charge in [-0.3, -0.25) is 0 Å². The lowest BCUT2D eigenvalue weighted by molar-refractivity contribution is 0.433. The molecule has 1 aromatic heterocycles. The molecule has 0 bridgehead atoms. The van der Waals surface area contributed by atoms with Crippen molar-refractivity contribution in [2.24, 2.45) is 0 Å². The average Bonchev–Trinajstić information content (AvgIpc) is 2.28. The van der Waals surface area contributed by atoms with Crippen LogP contribution in [0.4, 0.5) is 0 Å². The Kier molecular flexibility index (Phi) is 3.36. The maximum atomic E-state index is 11.6. The third kappa shape index (κ3) is 2.96. The quantitative estimate of drug-likeness (QED) is 0.811. The van der Waals surface area contributed by atoms with E-state index >= 15 is 0 Å². The van der Waals surface area contributed by atoms with Gasteiger partial charge in [-0.2, -0.15) is 4.98 Å². The van der Waals surface area contributed by atoms with Crippen LogP contribution in [-0.4, -0.2) is 9.97 Å². The van der Waals surface area contributed by atoms with Crippen LogP contribution in [0.25, 0.3) is 0 Å². The van der Waals surface area contributed by atoms with Gasteiger partial charge in [0.25, 0.3) is 0 Å². The van der Waals surface area contributed by atoms with E-state index in [9.17, 15) is 4.79 Å². The summed E-state index contributed by atoms with van der Waals surface area (Å²) in [5.74, 6) is 0.528. The second kappa shape index (κ2) is 4.63. The van der Waals surface area contributed by atoms with Gasteiger partial charge < -0.3 is 4.98 Å². The van der Waals surface area contributed by atoms with Crippen molar-refractivity contribution in [2.45, 2.75) is 64.2 Å². The van der Waals surface area contributed by atoms with E-state index in [0.717, 1.165) is 11.4 Å². The molecule has 0 unspecified atom stereocenters. The number of hydrogen-bond donors (Lipinski definition) is 1. The molecule has 2 rings (SSSR count). The summed E-state index contributed by atoms with van der Waals surface area (Å²) in [4.78, 5) is 18.6. The highest BCUT2D eigenvalue weighted by atomic mass is 16.1. The molecule has 1 aliphatic rings. The third-order valence-corrected chi connectivity index (χ3v) is 3.58. The van der Waals surface area contributed by atoms with Crippen LogP contribution in [0.1, 0.15) is 70.2 Å². The molecule has 17 heavy (non-hydrogen) atoms. The Morgan fingerprint density at radius 2 is 1.88 bits per heavy atom. The first-order valence-electron chi connectivity index (χ1n) is 6.58. The van der Waals surface area contributed by atoms with E-state index < -0.39 is 0 Å². The van der Waals surface area contributed by atoms with Gasteiger partial charge in [0.1, 0.15) is 0 Å². The predicted molar refractivity (Wildman–Crippen MR) is 69.4 cm³/mol. The first-order chi connectivity index (χ1) is 7.97. The summed E-state index contributed by atoms with van der Waals surface area (Å²) in [7, 11) is 0. The van der Waals surface area contributed by atoms with Crippen LogP contribution in [0.5, 0.6) is 0 Å². The molecule has 1 N–H and O–H groups in total. The van der Waals surface area contributed by atoms with Crippen LogP contribution < -0.4 is 5.69 Å². The zero-order valence-electron chi connectivity index (χ0n) is 11.0. The van der Waals surface area contributed by atoms with Crippen molar-refractivity contribution in [1.82, 2.24) is 9.97 Å². The predicted octanol–water partition coefficient (Wildman–Crippen LogP) is 3.12. The molecule has 0 aromatic carbocycles. The molecule has 1 heterocycles. The highest BCUT2D eigenvalue weighted by Crippen LogP contribution is 2.32. The van der Waals surface area contributed by atoms with Gasteiger partial charge in [-0.15, -0.1) is 0 Å². The molecule has 0 aliphatic heterocycles. The molecule has 3 nitrogen and oxygen atoms in total. The molecule has 1 aliphatic carbocycles. The van der Waals surface area contributed by atoms with Crippen molar-refractivity contribution in [3.63, 3.8) is 0 Å². The van der Waals surface area contributed by atoms with E-state index in [2.05, 4.69) is 36.8 Å². The minimum Gasteiger partial charge on any atom is -0.310 e. The lowest BCUT2D eigenvalue weighted by Crippen LogP contribution is -2.24. The first-order valence-corrected chi connectivity index (χ1v) is 6.58. The highest BCUT2D eigenvalue weighted by molar-refractivity contribution is 5.19. The number of hydrogen-bond acceptors (Lipinski definition) is 2. The molecule has 94 valence electrons. The zero-order valence-corrected chi connectivity index (χ0v) is 11.0. The number of aromatic amines is 1. The molecule has 1 aromatic rings. The van der Waals surface area contributed by atoms with E-state index in [1.807, 2.05) is 0 Å². The fourth-order valence-corrected chi connectivity index (χ4v) is 2.49. The molecule has 0 amide bonds. The molecule has 0 saturated heterocycles. The first kappa shape index (κ1) is 12.3. The van der Waals surface area contributed by atoms with Gasteiger partial charge in [-0.05, 0) is 24.8 Å². The van der Waals surface area contributed by atoms with Gasteiger partial charge in [0.2, 0.25) is 0 Å². The van der Waals surface area contributed by atoms with Crippen molar-refractivity contribution in [1.29, 1.82) is 0 Å². The van der Waals surface area contributed by atoms with Crippen LogP contribution in [0.15, 0.2) is 10.9 Å². The summed E-state index contributed by atoms with van der Waals surface area (Å²) in [5, 5.41) is 0. The number of nitrogens with zero attached hydrogens (tertiary/aromatic N) is 1. The van der Waals surface area contributed by atoms with Gasteiger partial charge in [-0.25, -0.2) is 4.79 Å². The Balaban J connectivity index is 2.34. The number of aromatic nitrogens is 2. The molecule has 0 spiro atoms. The lowest BCUT2D eigenvalue weighted by atomic mass is 9.85. The van der Waals surface area contributed by atoms with E-state index in [0.29, 0.717) is 5.92 Å². The maximum absolute atomic E-state index is 11.6. The Hall–Kier alpha value is -1.12. The summed E-state index contributed by atoms with van der Waals surface area (Å²) in [6, 6.07) is 2.09. The second-order valence-corrected chi connectivity index (χ2v) is 6.11. The van der Waals surface area contributed by atoms with E-state index in [-0.39, 0.29) is 11.1 Å². The smallest absolute Gasteiger partial charge is 0.310 e. The summed E-state index contributed by atoms with van der Waals surface area (Å²) >= 11 is 0. The Bertz CT molecular complexity index is 436. The topological polar surface area (TPSA) is 45.8 Å². The van der Waals surface area contributed by atoms with Gasteiger partial charge in [-0.1, -0.05) is 40.0 Å². The van der Waals surface area contributed by atoms with E-state index in [1.165, 1.54) is 32.1 Å². The molecule has 1 fully saturated rings. The largest absolute Gasteiger partial charge is 0.345 e. The average molecular weight is 234 g/mol. The maximum Gasteiger partial charge on any atom is 0.345 e. The van der Waals surface area contributed by atoms with Crippen molar-refractivity contribution in [3.05, 3.63) is 27.9 Å². The Morgan fingerprint density at radius 3 is 2.47 bits per heavy atom. The SMILES string of the molecule is CC(C)(C)c1cc(C2CCCCC2)[nH]c(=O)n1. The zero-order chi connectivity index (χ0) is 12.5. The van der Waals surface area contributed by atoms with Crippen LogP contribution in [0, 0.1) is 0 Å². The fourth-order valence-electron chi connectivity index (χ4n) is 2.49. The minimum absolute atomic E-state index is 0.0579. The highest BCUT2D eigenvalue weighted by Gasteiger charge is 2.21. The summed E-state index contributed by atoms with van der Waals surface area (Å²) in [6.45, 7) is 6.29. The van der Waals surface area contributed by atoms with Crippen LogP contribution in [0.2, 0.25) is 0 Å². The summed E-state index contributed by atoms with van der Waals surface area (Å²) in [5.41, 5.74) is 1.74. The van der Waals surface area contributed by atoms with Gasteiger partial charge in [0, 0.05) is 11.1 Å². The molecular weight excluding hydrogens is 212 g/mol. The molecule has 0 atom stereocenters. The van der Waals surface area contributed by atoms with Crippen molar-refractivity contribution >= 4 is 0 Å². The molecule has 1 saturated carbocycles. The van der Waals surface area contributed by atoms with Gasteiger partial charge in [0.15, 0.2) is 0 Å². The molecule has 0 radical (unpaired) electrons. The normalized spacial score (nSPS) is 18.3. The van der Waals surface area contributed by atoms with E-state index in [4.69, 9.17) is 0 Å². The van der Waals surface area contributed by atoms with Crippen LogP contribution >= 0.6 is 0 Å². The molecular formula is C14H22N2O. The number of H-pyrrole nitrogens is 1. The number of nitrogens with one attached hydrogen (secondary N) is 1. The Labute approximate surface area is 103 Å². The van der Waals surface area contributed by atoms with Crippen molar-refractivity contribution in [2.75, 3.05) is 0 Å². The van der Waals surface area contributed by atoms with Gasteiger partial charge in [0.05, 0.1) is 5.69 Å². The van der Waals surface area contributed by atoms with E-state index in [1.54, 1.807) is 0 Å². The van der Waals surface area contributed by atoms with Gasteiger partial charge >= 0.3 is 5.69 Å². The number of rotatable bonds is 1.